The summed E-state index contributed by atoms with van der Waals surface area (Å²) in [6.45, 7) is 3.87. The Balaban J connectivity index is 2.31. The van der Waals surface area contributed by atoms with Gasteiger partial charge in [-0.05, 0) is 38.5 Å². The molecular formula is C12H23NO3. The van der Waals surface area contributed by atoms with Gasteiger partial charge in [0.2, 0.25) is 0 Å². The summed E-state index contributed by atoms with van der Waals surface area (Å²) in [4.78, 5) is 10.6. The Morgan fingerprint density at radius 2 is 2.12 bits per heavy atom. The molecule has 1 rings (SSSR count). The average molecular weight is 229 g/mol. The van der Waals surface area contributed by atoms with E-state index in [0.717, 1.165) is 12.3 Å². The van der Waals surface area contributed by atoms with Crippen LogP contribution in [0.4, 0.5) is 4.79 Å². The minimum absolute atomic E-state index is 0.150. The first-order valence-electron chi connectivity index (χ1n) is 6.05. The highest BCUT2D eigenvalue weighted by Gasteiger charge is 2.27. The third kappa shape index (κ3) is 5.35. The van der Waals surface area contributed by atoms with Gasteiger partial charge in [-0.15, -0.1) is 0 Å². The van der Waals surface area contributed by atoms with Crippen molar-refractivity contribution in [1.82, 2.24) is 5.32 Å². The van der Waals surface area contributed by atoms with Crippen molar-refractivity contribution < 1.29 is 15.0 Å². The first kappa shape index (κ1) is 13.3. The lowest BCUT2D eigenvalue weighted by atomic mass is 9.87. The molecule has 0 unspecified atom stereocenters. The molecule has 3 N–H and O–H groups in total. The smallest absolute Gasteiger partial charge is 0.405 e. The average Bonchev–Trinajstić information content (AvgIpc) is 2.93. The maximum Gasteiger partial charge on any atom is 0.405 e. The normalized spacial score (nSPS) is 18.2. The summed E-state index contributed by atoms with van der Waals surface area (Å²) >= 11 is 0. The highest BCUT2D eigenvalue weighted by Crippen LogP contribution is 2.35. The van der Waals surface area contributed by atoms with Crippen LogP contribution < -0.4 is 5.32 Å². The Hall–Kier alpha value is -0.770. The molecule has 1 aliphatic carbocycles. The largest absolute Gasteiger partial charge is 0.465 e. The van der Waals surface area contributed by atoms with Crippen LogP contribution in [0.3, 0.4) is 0 Å². The maximum atomic E-state index is 10.6. The maximum absolute atomic E-state index is 10.6. The minimum Gasteiger partial charge on any atom is -0.465 e. The van der Waals surface area contributed by atoms with E-state index < -0.39 is 11.6 Å². The summed E-state index contributed by atoms with van der Waals surface area (Å²) in [6, 6.07) is 0. The molecule has 1 fully saturated rings. The number of aliphatic hydroxyl groups excluding tert-OH is 1. The number of nitrogens with one attached hydrogen (secondary N) is 1. The highest BCUT2D eigenvalue weighted by atomic mass is 16.4. The Bertz CT molecular complexity index is 236. The monoisotopic (exact) mass is 229 g/mol. The van der Waals surface area contributed by atoms with E-state index in [0.29, 0.717) is 6.42 Å². The molecule has 0 bridgehead atoms. The fourth-order valence-electron chi connectivity index (χ4n) is 2.20. The van der Waals surface area contributed by atoms with Crippen LogP contribution >= 0.6 is 0 Å². The van der Waals surface area contributed by atoms with E-state index in [-0.39, 0.29) is 12.5 Å². The minimum atomic E-state index is -0.996. The molecule has 0 aromatic heterocycles. The SMILES string of the molecule is CC(C)(C[C@@H](CO)CCC1CC1)NC(=O)O. The van der Waals surface area contributed by atoms with Crippen LogP contribution in [-0.2, 0) is 0 Å². The number of aliphatic hydroxyl groups is 1. The fraction of sp³-hybridized carbons (Fsp3) is 0.917. The second kappa shape index (κ2) is 5.53. The molecule has 0 heterocycles. The lowest BCUT2D eigenvalue weighted by Gasteiger charge is -2.28. The highest BCUT2D eigenvalue weighted by molar-refractivity contribution is 5.65. The van der Waals surface area contributed by atoms with Crippen LogP contribution in [0.1, 0.15) is 46.0 Å². The Kier molecular flexibility index (Phi) is 4.59. The molecular weight excluding hydrogens is 206 g/mol. The van der Waals surface area contributed by atoms with E-state index in [1.807, 2.05) is 13.8 Å². The van der Waals surface area contributed by atoms with E-state index in [9.17, 15) is 9.90 Å². The molecule has 1 amide bonds. The quantitative estimate of drug-likeness (QED) is 0.627. The molecule has 0 aromatic carbocycles. The van der Waals surface area contributed by atoms with Crippen molar-refractivity contribution in [2.24, 2.45) is 11.8 Å². The summed E-state index contributed by atoms with van der Waals surface area (Å²) in [5.41, 5.74) is -0.456. The van der Waals surface area contributed by atoms with E-state index in [1.165, 1.54) is 19.3 Å². The number of carboxylic acid groups (broad SMARTS) is 1. The zero-order valence-electron chi connectivity index (χ0n) is 10.2. The van der Waals surface area contributed by atoms with Crippen LogP contribution in [0, 0.1) is 11.8 Å². The predicted molar refractivity (Wildman–Crippen MR) is 62.4 cm³/mol. The molecule has 1 saturated carbocycles. The molecule has 0 aliphatic heterocycles. The van der Waals surface area contributed by atoms with Gasteiger partial charge >= 0.3 is 6.09 Å². The van der Waals surface area contributed by atoms with Crippen LogP contribution in [0.2, 0.25) is 0 Å². The van der Waals surface area contributed by atoms with E-state index in [1.54, 1.807) is 0 Å². The van der Waals surface area contributed by atoms with Crippen LogP contribution in [-0.4, -0.2) is 28.5 Å². The summed E-state index contributed by atoms with van der Waals surface area (Å²) in [5.74, 6) is 1.08. The third-order valence-electron chi connectivity index (χ3n) is 3.18. The van der Waals surface area contributed by atoms with Gasteiger partial charge in [0.15, 0.2) is 0 Å². The fourth-order valence-corrected chi connectivity index (χ4v) is 2.20. The summed E-state index contributed by atoms with van der Waals surface area (Å²) in [5, 5.41) is 20.5. The molecule has 16 heavy (non-hydrogen) atoms. The zero-order chi connectivity index (χ0) is 12.2. The van der Waals surface area contributed by atoms with E-state index in [2.05, 4.69) is 5.32 Å². The first-order chi connectivity index (χ1) is 7.43. The van der Waals surface area contributed by atoms with Gasteiger partial charge in [0.1, 0.15) is 0 Å². The van der Waals surface area contributed by atoms with Gasteiger partial charge in [-0.3, -0.25) is 0 Å². The summed E-state index contributed by atoms with van der Waals surface area (Å²) in [7, 11) is 0. The van der Waals surface area contributed by atoms with E-state index in [4.69, 9.17) is 5.11 Å². The number of hydrogen-bond acceptors (Lipinski definition) is 2. The number of carbonyl (C=O) groups is 1. The zero-order valence-corrected chi connectivity index (χ0v) is 10.2. The Labute approximate surface area is 97.0 Å². The molecule has 0 aromatic rings. The molecule has 1 atom stereocenters. The Morgan fingerprint density at radius 3 is 2.56 bits per heavy atom. The topological polar surface area (TPSA) is 69.6 Å². The molecule has 4 heteroatoms. The van der Waals surface area contributed by atoms with Crippen molar-refractivity contribution in [2.45, 2.75) is 51.5 Å². The molecule has 0 spiro atoms. The standard InChI is InChI=1S/C12H23NO3/c1-12(2,13-11(15)16)7-10(8-14)6-5-9-3-4-9/h9-10,13-14H,3-8H2,1-2H3,(H,15,16)/t10-/m0/s1. The molecule has 94 valence electrons. The predicted octanol–water partition coefficient (Wildman–Crippen LogP) is 2.22. The van der Waals surface area contributed by atoms with Crippen LogP contribution in [0.25, 0.3) is 0 Å². The lowest BCUT2D eigenvalue weighted by Crippen LogP contribution is -2.44. The molecule has 4 nitrogen and oxygen atoms in total. The van der Waals surface area contributed by atoms with Crippen molar-refractivity contribution in [3.8, 4) is 0 Å². The van der Waals surface area contributed by atoms with Crippen LogP contribution in [0.15, 0.2) is 0 Å². The lowest BCUT2D eigenvalue weighted by molar-refractivity contribution is 0.155. The van der Waals surface area contributed by atoms with Crippen molar-refractivity contribution in [3.05, 3.63) is 0 Å². The number of rotatable bonds is 7. The van der Waals surface area contributed by atoms with Crippen molar-refractivity contribution in [3.63, 3.8) is 0 Å². The third-order valence-corrected chi connectivity index (χ3v) is 3.18. The first-order valence-corrected chi connectivity index (χ1v) is 6.05. The molecule has 0 saturated heterocycles. The van der Waals surface area contributed by atoms with E-state index >= 15 is 0 Å². The van der Waals surface area contributed by atoms with Crippen molar-refractivity contribution >= 4 is 6.09 Å². The van der Waals surface area contributed by atoms with Gasteiger partial charge in [-0.2, -0.15) is 0 Å². The van der Waals surface area contributed by atoms with Gasteiger partial charge in [0.05, 0.1) is 0 Å². The summed E-state index contributed by atoms with van der Waals surface area (Å²) in [6.07, 6.45) is 4.54. The Morgan fingerprint density at radius 1 is 1.50 bits per heavy atom. The van der Waals surface area contributed by atoms with Crippen LogP contribution in [0.5, 0.6) is 0 Å². The van der Waals surface area contributed by atoms with Crippen molar-refractivity contribution in [2.75, 3.05) is 6.61 Å². The van der Waals surface area contributed by atoms with Gasteiger partial charge in [-0.25, -0.2) is 4.79 Å². The number of hydrogen-bond donors (Lipinski definition) is 3. The van der Waals surface area contributed by atoms with Gasteiger partial charge < -0.3 is 15.5 Å². The van der Waals surface area contributed by atoms with Crippen molar-refractivity contribution in [1.29, 1.82) is 0 Å². The van der Waals surface area contributed by atoms with Gasteiger partial charge in [0.25, 0.3) is 0 Å². The van der Waals surface area contributed by atoms with Gasteiger partial charge in [-0.1, -0.05) is 19.3 Å². The molecule has 0 radical (unpaired) electrons. The molecule has 1 aliphatic rings. The van der Waals surface area contributed by atoms with Gasteiger partial charge in [0, 0.05) is 12.1 Å². The summed E-state index contributed by atoms with van der Waals surface area (Å²) < 4.78 is 0. The second-order valence-electron chi connectivity index (χ2n) is 5.59. The number of amides is 1. The second-order valence-corrected chi connectivity index (χ2v) is 5.59.